The van der Waals surface area contributed by atoms with Crippen molar-refractivity contribution in [2.24, 2.45) is 11.5 Å². The number of urea groups is 1. The van der Waals surface area contributed by atoms with Gasteiger partial charge in [0.2, 0.25) is 11.8 Å². The van der Waals surface area contributed by atoms with Gasteiger partial charge in [0.25, 0.3) is 0 Å². The normalized spacial score (nSPS) is 13.6. The average molecular weight is 673 g/mol. The summed E-state index contributed by atoms with van der Waals surface area (Å²) in [6, 6.07) is 20.6. The van der Waals surface area contributed by atoms with Crippen LogP contribution in [0.15, 0.2) is 78.9 Å². The number of hydrogen-bond acceptors (Lipinski definition) is 7. The molecule has 5 amide bonds. The lowest BCUT2D eigenvalue weighted by atomic mass is 9.98. The molecule has 0 saturated carbocycles. The molecule has 260 valence electrons. The predicted octanol–water partition coefficient (Wildman–Crippen LogP) is 2.77. The number of carbonyl (C=O) groups excluding carboxylic acids is 4. The first kappa shape index (κ1) is 36.4. The third-order valence-corrected chi connectivity index (χ3v) is 8.40. The molecule has 3 aromatic rings. The molecule has 0 saturated heterocycles. The van der Waals surface area contributed by atoms with Crippen LogP contribution in [0.3, 0.4) is 0 Å². The van der Waals surface area contributed by atoms with Crippen molar-refractivity contribution in [1.82, 2.24) is 21.3 Å². The molecule has 0 bridgehead atoms. The molecule has 9 N–H and O–H groups in total. The fourth-order valence-corrected chi connectivity index (χ4v) is 5.92. The Morgan fingerprint density at radius 3 is 1.90 bits per heavy atom. The number of hydrogen-bond donors (Lipinski definition) is 7. The number of carboxylic acid groups (broad SMARTS) is 1. The maximum Gasteiger partial charge on any atom is 0.407 e. The summed E-state index contributed by atoms with van der Waals surface area (Å²) in [7, 11) is 0. The van der Waals surface area contributed by atoms with E-state index in [-0.39, 0.29) is 44.8 Å². The van der Waals surface area contributed by atoms with Crippen LogP contribution >= 0.6 is 0 Å². The average Bonchev–Trinajstić information content (AvgIpc) is 3.41. The first-order valence-electron chi connectivity index (χ1n) is 16.4. The minimum Gasteiger partial charge on any atom is -0.480 e. The zero-order valence-corrected chi connectivity index (χ0v) is 27.2. The monoisotopic (exact) mass is 672 g/mol. The van der Waals surface area contributed by atoms with Crippen molar-refractivity contribution < 1.29 is 33.8 Å². The van der Waals surface area contributed by atoms with Gasteiger partial charge in [-0.15, -0.1) is 0 Å². The Kier molecular flexibility index (Phi) is 13.5. The summed E-state index contributed by atoms with van der Waals surface area (Å²) in [5.41, 5.74) is 15.7. The van der Waals surface area contributed by atoms with Crippen molar-refractivity contribution in [2.45, 2.75) is 62.6 Å². The Labute approximate surface area is 285 Å². The topological polar surface area (TPSA) is 215 Å². The minimum absolute atomic E-state index is 0.0398. The molecule has 3 aromatic carbocycles. The van der Waals surface area contributed by atoms with E-state index in [0.29, 0.717) is 19.4 Å². The highest BCUT2D eigenvalue weighted by Crippen LogP contribution is 2.44. The molecule has 0 radical (unpaired) electrons. The summed E-state index contributed by atoms with van der Waals surface area (Å²) in [5, 5.41) is 20.0. The SMILES string of the molecule is NCCCC[C@H](NC(=O)[C@H](CCCNC(N)=O)NC(=O)[C@H](Cc1ccccc1)NC(=O)OCC1c2ccccc2-c2ccccc21)C(=O)O. The first-order chi connectivity index (χ1) is 23.7. The fourth-order valence-electron chi connectivity index (χ4n) is 5.92. The van der Waals surface area contributed by atoms with E-state index in [9.17, 15) is 29.1 Å². The number of fused-ring (bicyclic) bond motifs is 3. The third-order valence-electron chi connectivity index (χ3n) is 8.40. The van der Waals surface area contributed by atoms with Crippen LogP contribution in [-0.4, -0.2) is 72.8 Å². The number of carboxylic acids is 1. The van der Waals surface area contributed by atoms with Gasteiger partial charge in [-0.25, -0.2) is 14.4 Å². The van der Waals surface area contributed by atoms with Gasteiger partial charge >= 0.3 is 18.1 Å². The van der Waals surface area contributed by atoms with Crippen molar-refractivity contribution in [2.75, 3.05) is 19.7 Å². The largest absolute Gasteiger partial charge is 0.480 e. The van der Waals surface area contributed by atoms with Crippen LogP contribution in [-0.2, 0) is 25.5 Å². The molecular weight excluding hydrogens is 628 g/mol. The highest BCUT2D eigenvalue weighted by molar-refractivity contribution is 5.93. The summed E-state index contributed by atoms with van der Waals surface area (Å²) in [6.07, 6.45) is 0.798. The number of unbranched alkanes of at least 4 members (excludes halogenated alkanes) is 1. The molecule has 4 rings (SSSR count). The highest BCUT2D eigenvalue weighted by atomic mass is 16.5. The van der Waals surface area contributed by atoms with E-state index in [1.807, 2.05) is 54.6 Å². The Morgan fingerprint density at radius 1 is 0.714 bits per heavy atom. The van der Waals surface area contributed by atoms with Gasteiger partial charge in [0.1, 0.15) is 24.7 Å². The number of carbonyl (C=O) groups is 5. The molecule has 1 aliphatic carbocycles. The molecule has 13 nitrogen and oxygen atoms in total. The summed E-state index contributed by atoms with van der Waals surface area (Å²) < 4.78 is 5.70. The molecule has 0 aromatic heterocycles. The Bertz CT molecular complexity index is 1560. The molecule has 0 unspecified atom stereocenters. The maximum absolute atomic E-state index is 13.8. The Morgan fingerprint density at radius 2 is 1.29 bits per heavy atom. The molecule has 0 heterocycles. The van der Waals surface area contributed by atoms with Crippen LogP contribution < -0.4 is 32.7 Å². The van der Waals surface area contributed by atoms with Gasteiger partial charge < -0.3 is 42.6 Å². The standard InChI is InChI=1S/C36H44N6O7/c37-19-9-8-17-30(34(45)46)41-32(43)29(18-10-20-39-35(38)47)40-33(44)31(21-23-11-2-1-3-12-23)42-36(48)49-22-28-26-15-6-4-13-24(26)25-14-5-7-16-27(25)28/h1-7,11-16,28-31H,8-10,17-22,37H2,(H,40,44)(H,41,43)(H,42,48)(H,45,46)(H3,38,39,47)/t29-,30-,31-/m0/s1. The van der Waals surface area contributed by atoms with Crippen molar-refractivity contribution in [3.05, 3.63) is 95.6 Å². The summed E-state index contributed by atoms with van der Waals surface area (Å²) in [4.78, 5) is 63.4. The van der Waals surface area contributed by atoms with E-state index in [4.69, 9.17) is 16.2 Å². The van der Waals surface area contributed by atoms with E-state index in [1.54, 1.807) is 24.3 Å². The summed E-state index contributed by atoms with van der Waals surface area (Å²) in [6.45, 7) is 0.544. The fraction of sp³-hybridized carbons (Fsp3) is 0.361. The van der Waals surface area contributed by atoms with E-state index < -0.39 is 48.0 Å². The second-order valence-corrected chi connectivity index (χ2v) is 11.9. The molecule has 0 aliphatic heterocycles. The van der Waals surface area contributed by atoms with Crippen molar-refractivity contribution in [3.8, 4) is 11.1 Å². The lowest BCUT2D eigenvalue weighted by molar-refractivity contribution is -0.142. The number of nitrogens with one attached hydrogen (secondary N) is 4. The number of aliphatic carboxylic acids is 1. The molecule has 3 atom stereocenters. The smallest absolute Gasteiger partial charge is 0.407 e. The van der Waals surface area contributed by atoms with Crippen molar-refractivity contribution in [3.63, 3.8) is 0 Å². The molecular formula is C36H44N6O7. The number of benzene rings is 3. The van der Waals surface area contributed by atoms with Gasteiger partial charge in [-0.1, -0.05) is 78.9 Å². The number of ether oxygens (including phenoxy) is 1. The van der Waals surface area contributed by atoms with Crippen LogP contribution in [0.2, 0.25) is 0 Å². The van der Waals surface area contributed by atoms with E-state index in [1.165, 1.54) is 0 Å². The number of amides is 5. The van der Waals surface area contributed by atoms with Crippen LogP contribution in [0.25, 0.3) is 11.1 Å². The van der Waals surface area contributed by atoms with Gasteiger partial charge in [-0.2, -0.15) is 0 Å². The van der Waals surface area contributed by atoms with Gasteiger partial charge in [-0.05, 0) is 66.5 Å². The second kappa shape index (κ2) is 18.2. The zero-order valence-electron chi connectivity index (χ0n) is 27.2. The lowest BCUT2D eigenvalue weighted by Gasteiger charge is -2.25. The second-order valence-electron chi connectivity index (χ2n) is 11.9. The van der Waals surface area contributed by atoms with Gasteiger partial charge in [0, 0.05) is 18.9 Å². The number of primary amides is 1. The third kappa shape index (κ3) is 10.5. The van der Waals surface area contributed by atoms with E-state index in [0.717, 1.165) is 27.8 Å². The highest BCUT2D eigenvalue weighted by Gasteiger charge is 2.32. The van der Waals surface area contributed by atoms with Gasteiger partial charge in [0.15, 0.2) is 0 Å². The minimum atomic E-state index is -1.22. The maximum atomic E-state index is 13.8. The van der Waals surface area contributed by atoms with Crippen molar-refractivity contribution in [1.29, 1.82) is 0 Å². The van der Waals surface area contributed by atoms with E-state index in [2.05, 4.69) is 21.3 Å². The summed E-state index contributed by atoms with van der Waals surface area (Å²) in [5.74, 6) is -2.79. The first-order valence-corrected chi connectivity index (χ1v) is 16.4. The van der Waals surface area contributed by atoms with Gasteiger partial charge in [-0.3, -0.25) is 9.59 Å². The molecule has 0 spiro atoms. The molecule has 13 heteroatoms. The van der Waals surface area contributed by atoms with E-state index >= 15 is 0 Å². The number of rotatable bonds is 18. The Balaban J connectivity index is 1.47. The number of nitrogens with two attached hydrogens (primary N) is 2. The van der Waals surface area contributed by atoms with Crippen LogP contribution in [0.4, 0.5) is 9.59 Å². The Hall–Kier alpha value is -5.43. The molecule has 49 heavy (non-hydrogen) atoms. The molecule has 1 aliphatic rings. The van der Waals surface area contributed by atoms with Gasteiger partial charge in [0.05, 0.1) is 0 Å². The summed E-state index contributed by atoms with van der Waals surface area (Å²) >= 11 is 0. The number of alkyl carbamates (subject to hydrolysis) is 1. The quantitative estimate of drug-likeness (QED) is 0.0995. The zero-order chi connectivity index (χ0) is 35.2. The predicted molar refractivity (Wildman–Crippen MR) is 183 cm³/mol. The lowest BCUT2D eigenvalue weighted by Crippen LogP contribution is -2.56. The van der Waals surface area contributed by atoms with Crippen LogP contribution in [0, 0.1) is 0 Å². The van der Waals surface area contributed by atoms with Crippen LogP contribution in [0.5, 0.6) is 0 Å². The molecule has 0 fully saturated rings. The van der Waals surface area contributed by atoms with Crippen LogP contribution in [0.1, 0.15) is 54.7 Å². The van der Waals surface area contributed by atoms with Crippen molar-refractivity contribution >= 4 is 29.9 Å².